The van der Waals surface area contributed by atoms with E-state index in [2.05, 4.69) is 54.0 Å². The normalized spacial score (nSPS) is 15.1. The number of ether oxygens (including phenoxy) is 1. The monoisotopic (exact) mass is 501 g/mol. The molecule has 0 saturated carbocycles. The van der Waals surface area contributed by atoms with Crippen molar-refractivity contribution < 1.29 is 33.1 Å². The van der Waals surface area contributed by atoms with Crippen molar-refractivity contribution >= 4 is 13.8 Å². The van der Waals surface area contributed by atoms with E-state index in [0.717, 1.165) is 25.7 Å². The quantitative estimate of drug-likeness (QED) is 0.0806. The van der Waals surface area contributed by atoms with E-state index in [1.807, 2.05) is 6.08 Å². The van der Waals surface area contributed by atoms with Crippen LogP contribution in [0.2, 0.25) is 0 Å². The van der Waals surface area contributed by atoms with Crippen molar-refractivity contribution in [3.8, 4) is 0 Å². The molecule has 0 saturated heterocycles. The molecule has 0 spiro atoms. The molecule has 1 unspecified atom stereocenters. The van der Waals surface area contributed by atoms with Gasteiger partial charge in [-0.2, -0.15) is 0 Å². The van der Waals surface area contributed by atoms with E-state index >= 15 is 0 Å². The largest absolute Gasteiger partial charge is 0.472 e. The fourth-order valence-electron chi connectivity index (χ4n) is 2.68. The first-order valence-electron chi connectivity index (χ1n) is 12.2. The molecule has 0 radical (unpaired) electrons. The van der Waals surface area contributed by atoms with Crippen molar-refractivity contribution in [1.29, 1.82) is 0 Å². The Kier molecular flexibility index (Phi) is 22.2. The summed E-state index contributed by atoms with van der Waals surface area (Å²) >= 11 is 0. The molecule has 8 nitrogen and oxygen atoms in total. The van der Waals surface area contributed by atoms with Gasteiger partial charge in [-0.15, -0.1) is 0 Å². The van der Waals surface area contributed by atoms with Gasteiger partial charge in [0.15, 0.2) is 0 Å². The number of aliphatic hydroxyl groups excluding tert-OH is 1. The van der Waals surface area contributed by atoms with Crippen LogP contribution in [0.15, 0.2) is 48.6 Å². The number of esters is 1. The third kappa shape index (κ3) is 22.3. The minimum atomic E-state index is -4.28. The van der Waals surface area contributed by atoms with Crippen LogP contribution >= 0.6 is 7.82 Å². The number of allylic oxidation sites excluding steroid dienone is 8. The van der Waals surface area contributed by atoms with Crippen molar-refractivity contribution in [3.05, 3.63) is 48.6 Å². The van der Waals surface area contributed by atoms with Gasteiger partial charge in [0.2, 0.25) is 0 Å². The van der Waals surface area contributed by atoms with Crippen LogP contribution < -0.4 is 5.73 Å². The molecule has 0 heterocycles. The molecule has 0 aliphatic rings. The molecule has 0 amide bonds. The van der Waals surface area contributed by atoms with E-state index in [-0.39, 0.29) is 19.6 Å². The molecule has 0 aliphatic carbocycles. The standard InChI is InChI=1S/C25H44NO7P/c1-2-3-4-5-6-7-8-9-10-11-12-13-14-15-16-17-18-19-25(28)33-24(22-27)23-32-34(29,30)31-21-20-26/h6-7,9-10,12-13,15-16,24,27H,2-5,8,11,14,17-23,26H2,1H3,(H,29,30)/t24-/m1/s1. The van der Waals surface area contributed by atoms with Gasteiger partial charge >= 0.3 is 13.8 Å². The molecular formula is C25H44NO7P. The number of unbranched alkanes of at least 4 members (excludes halogenated alkanes) is 4. The number of aliphatic hydroxyl groups is 1. The molecule has 196 valence electrons. The maximum Gasteiger partial charge on any atom is 0.472 e. The zero-order valence-electron chi connectivity index (χ0n) is 20.6. The zero-order valence-corrected chi connectivity index (χ0v) is 21.5. The van der Waals surface area contributed by atoms with Gasteiger partial charge in [-0.05, 0) is 44.9 Å². The number of nitrogens with two attached hydrogens (primary N) is 1. The number of rotatable bonds is 22. The Balaban J connectivity index is 3.82. The predicted molar refractivity (Wildman–Crippen MR) is 136 cm³/mol. The van der Waals surface area contributed by atoms with Gasteiger partial charge in [-0.25, -0.2) is 4.57 Å². The Bertz CT molecular complexity index is 662. The summed E-state index contributed by atoms with van der Waals surface area (Å²) in [7, 11) is -4.28. The number of phosphoric ester groups is 1. The topological polar surface area (TPSA) is 128 Å². The lowest BCUT2D eigenvalue weighted by atomic mass is 10.2. The van der Waals surface area contributed by atoms with Gasteiger partial charge in [0.1, 0.15) is 6.10 Å². The summed E-state index contributed by atoms with van der Waals surface area (Å²) in [6.45, 7) is 1.16. The second kappa shape index (κ2) is 23.2. The minimum absolute atomic E-state index is 0.0613. The molecule has 0 rings (SSSR count). The highest BCUT2D eigenvalue weighted by Gasteiger charge is 2.24. The Morgan fingerprint density at radius 2 is 1.47 bits per heavy atom. The molecule has 34 heavy (non-hydrogen) atoms. The maximum atomic E-state index is 11.9. The number of carbonyl (C=O) groups is 1. The van der Waals surface area contributed by atoms with Crippen molar-refractivity contribution in [1.82, 2.24) is 0 Å². The van der Waals surface area contributed by atoms with E-state index in [0.29, 0.717) is 6.42 Å². The summed E-state index contributed by atoms with van der Waals surface area (Å²) in [5.74, 6) is -0.505. The smallest absolute Gasteiger partial charge is 0.457 e. The molecule has 0 aromatic heterocycles. The van der Waals surface area contributed by atoms with Crippen LogP contribution in [-0.4, -0.2) is 48.4 Å². The van der Waals surface area contributed by atoms with E-state index in [9.17, 15) is 19.4 Å². The lowest BCUT2D eigenvalue weighted by molar-refractivity contribution is -0.153. The van der Waals surface area contributed by atoms with Gasteiger partial charge < -0.3 is 20.5 Å². The second-order valence-corrected chi connectivity index (χ2v) is 9.11. The first-order valence-corrected chi connectivity index (χ1v) is 13.7. The highest BCUT2D eigenvalue weighted by molar-refractivity contribution is 7.47. The van der Waals surface area contributed by atoms with Crippen LogP contribution in [0.25, 0.3) is 0 Å². The summed E-state index contributed by atoms with van der Waals surface area (Å²) < 4.78 is 25.9. The highest BCUT2D eigenvalue weighted by Crippen LogP contribution is 2.42. The van der Waals surface area contributed by atoms with Gasteiger partial charge in [0, 0.05) is 13.0 Å². The maximum absolute atomic E-state index is 11.9. The Morgan fingerprint density at radius 3 is 2.00 bits per heavy atom. The SMILES string of the molecule is CCCCCC=CCC=CCC=CCC=CCCCC(=O)O[C@H](CO)COP(=O)(O)OCCN. The molecule has 4 N–H and O–H groups in total. The molecule has 0 aromatic rings. The lowest BCUT2D eigenvalue weighted by Gasteiger charge is -2.17. The van der Waals surface area contributed by atoms with Crippen LogP contribution in [0.4, 0.5) is 0 Å². The van der Waals surface area contributed by atoms with Crippen LogP contribution in [0, 0.1) is 0 Å². The summed E-state index contributed by atoms with van der Waals surface area (Å²) in [6, 6.07) is 0. The van der Waals surface area contributed by atoms with Crippen molar-refractivity contribution in [2.75, 3.05) is 26.4 Å². The summed E-state index contributed by atoms with van der Waals surface area (Å²) in [5, 5.41) is 9.25. The summed E-state index contributed by atoms with van der Waals surface area (Å²) in [6.07, 6.45) is 25.4. The lowest BCUT2D eigenvalue weighted by Crippen LogP contribution is -2.27. The Hall–Kier alpha value is -1.54. The fourth-order valence-corrected chi connectivity index (χ4v) is 3.44. The third-order valence-corrected chi connectivity index (χ3v) is 5.49. The molecule has 0 aliphatic heterocycles. The molecule has 0 aromatic carbocycles. The van der Waals surface area contributed by atoms with Crippen LogP contribution in [0.3, 0.4) is 0 Å². The molecule has 9 heteroatoms. The van der Waals surface area contributed by atoms with E-state index in [4.69, 9.17) is 15.0 Å². The highest BCUT2D eigenvalue weighted by atomic mass is 31.2. The number of hydrogen-bond donors (Lipinski definition) is 3. The molecule has 2 atom stereocenters. The zero-order chi connectivity index (χ0) is 25.3. The predicted octanol–water partition coefficient (Wildman–Crippen LogP) is 5.13. The van der Waals surface area contributed by atoms with Crippen LogP contribution in [-0.2, 0) is 23.1 Å². The van der Waals surface area contributed by atoms with Gasteiger partial charge in [-0.1, -0.05) is 68.4 Å². The third-order valence-electron chi connectivity index (χ3n) is 4.51. The van der Waals surface area contributed by atoms with Crippen LogP contribution in [0.1, 0.15) is 71.1 Å². The first-order chi connectivity index (χ1) is 16.4. The summed E-state index contributed by atoms with van der Waals surface area (Å²) in [4.78, 5) is 21.3. The second-order valence-electron chi connectivity index (χ2n) is 7.66. The Morgan fingerprint density at radius 1 is 0.912 bits per heavy atom. The number of phosphoric acid groups is 1. The molecule has 0 bridgehead atoms. The van der Waals surface area contributed by atoms with Crippen molar-refractivity contribution in [3.63, 3.8) is 0 Å². The van der Waals surface area contributed by atoms with Gasteiger partial charge in [0.25, 0.3) is 0 Å². The fraction of sp³-hybridized carbons (Fsp3) is 0.640. The molecule has 0 fully saturated rings. The number of hydrogen-bond acceptors (Lipinski definition) is 7. The van der Waals surface area contributed by atoms with E-state index in [1.165, 1.54) is 25.7 Å². The van der Waals surface area contributed by atoms with Gasteiger partial charge in [0.05, 0.1) is 19.8 Å². The Labute approximate surface area is 205 Å². The van der Waals surface area contributed by atoms with Crippen molar-refractivity contribution in [2.24, 2.45) is 5.73 Å². The average molecular weight is 502 g/mol. The van der Waals surface area contributed by atoms with E-state index in [1.54, 1.807) is 0 Å². The van der Waals surface area contributed by atoms with Crippen molar-refractivity contribution in [2.45, 2.75) is 77.2 Å². The van der Waals surface area contributed by atoms with Crippen LogP contribution in [0.5, 0.6) is 0 Å². The summed E-state index contributed by atoms with van der Waals surface area (Å²) in [5.41, 5.74) is 5.19. The molecular weight excluding hydrogens is 457 g/mol. The first kappa shape index (κ1) is 32.5. The average Bonchev–Trinajstić information content (AvgIpc) is 2.82. The number of carbonyl (C=O) groups excluding carboxylic acids is 1. The van der Waals surface area contributed by atoms with E-state index < -0.39 is 33.1 Å². The van der Waals surface area contributed by atoms with Gasteiger partial charge in [-0.3, -0.25) is 13.8 Å². The minimum Gasteiger partial charge on any atom is -0.457 e.